The predicted molar refractivity (Wildman–Crippen MR) is 97.8 cm³/mol. The number of hydrogen-bond acceptors (Lipinski definition) is 6. The molecule has 0 radical (unpaired) electrons. The lowest BCUT2D eigenvalue weighted by molar-refractivity contribution is 0.0561. The molecule has 27 heavy (non-hydrogen) atoms. The largest absolute Gasteiger partial charge is 0.486 e. The first-order chi connectivity index (χ1) is 13.1. The Morgan fingerprint density at radius 1 is 1.33 bits per heavy atom. The number of carbonyl (C=O) groups excluding carboxylic acids is 2. The van der Waals surface area contributed by atoms with Crippen molar-refractivity contribution in [3.8, 4) is 5.75 Å². The number of likely N-dealkylation sites (tertiary alicyclic amines) is 1. The van der Waals surface area contributed by atoms with Crippen molar-refractivity contribution in [1.82, 2.24) is 10.1 Å². The molecule has 0 bridgehead atoms. The van der Waals surface area contributed by atoms with Gasteiger partial charge in [0, 0.05) is 31.8 Å². The van der Waals surface area contributed by atoms with Gasteiger partial charge in [-0.25, -0.2) is 0 Å². The van der Waals surface area contributed by atoms with Gasteiger partial charge < -0.3 is 18.9 Å². The fraction of sp³-hybridized carbons (Fsp3) is 0.450. The average molecular weight is 372 g/mol. The molecular formula is C20H24N2O5. The van der Waals surface area contributed by atoms with Crippen molar-refractivity contribution in [3.05, 3.63) is 47.3 Å². The van der Waals surface area contributed by atoms with Crippen LogP contribution in [0.2, 0.25) is 0 Å². The number of Topliss-reactive ketones (excluding diaryl/α,β-unsaturated/α-hetero) is 1. The van der Waals surface area contributed by atoms with Crippen LogP contribution >= 0.6 is 0 Å². The summed E-state index contributed by atoms with van der Waals surface area (Å²) in [4.78, 5) is 25.9. The summed E-state index contributed by atoms with van der Waals surface area (Å²) in [6.07, 6.45) is 2.02. The van der Waals surface area contributed by atoms with Crippen LogP contribution in [-0.2, 0) is 11.3 Å². The second-order valence-electron chi connectivity index (χ2n) is 6.77. The molecule has 1 aromatic carbocycles. The van der Waals surface area contributed by atoms with E-state index in [1.165, 1.54) is 6.92 Å². The first-order valence-electron chi connectivity index (χ1n) is 9.04. The number of amides is 1. The van der Waals surface area contributed by atoms with Crippen molar-refractivity contribution in [2.75, 3.05) is 26.8 Å². The quantitative estimate of drug-likeness (QED) is 0.695. The molecular weight excluding hydrogens is 348 g/mol. The Kier molecular flexibility index (Phi) is 6.24. The predicted octanol–water partition coefficient (Wildman–Crippen LogP) is 2.95. The van der Waals surface area contributed by atoms with Gasteiger partial charge in [-0.1, -0.05) is 17.3 Å². The highest BCUT2D eigenvalue weighted by atomic mass is 16.5. The van der Waals surface area contributed by atoms with Gasteiger partial charge in [-0.2, -0.15) is 0 Å². The maximum atomic E-state index is 12.6. The van der Waals surface area contributed by atoms with Gasteiger partial charge in [0.2, 0.25) is 0 Å². The fourth-order valence-corrected chi connectivity index (χ4v) is 3.22. The lowest BCUT2D eigenvalue weighted by Crippen LogP contribution is -2.41. The van der Waals surface area contributed by atoms with E-state index in [4.69, 9.17) is 14.0 Å². The smallest absolute Gasteiger partial charge is 0.276 e. The van der Waals surface area contributed by atoms with Crippen LogP contribution < -0.4 is 4.74 Å². The summed E-state index contributed by atoms with van der Waals surface area (Å²) >= 11 is 0. The number of carbonyl (C=O) groups is 2. The minimum atomic E-state index is -0.135. The SMILES string of the molecule is COC[C@@H]1CCCN(C(=O)c2cc(COc3cccc(C(C)=O)c3)on2)C1. The molecule has 0 unspecified atom stereocenters. The van der Waals surface area contributed by atoms with Crippen LogP contribution in [0.3, 0.4) is 0 Å². The third-order valence-corrected chi connectivity index (χ3v) is 4.61. The number of nitrogens with zero attached hydrogens (tertiary/aromatic N) is 2. The molecule has 1 atom stereocenters. The van der Waals surface area contributed by atoms with E-state index in [1.807, 2.05) is 0 Å². The van der Waals surface area contributed by atoms with E-state index in [1.54, 1.807) is 42.3 Å². The van der Waals surface area contributed by atoms with E-state index in [2.05, 4.69) is 5.16 Å². The van der Waals surface area contributed by atoms with Crippen molar-refractivity contribution >= 4 is 11.7 Å². The minimum absolute atomic E-state index is 0.0266. The number of piperidine rings is 1. The van der Waals surface area contributed by atoms with E-state index in [-0.39, 0.29) is 24.0 Å². The van der Waals surface area contributed by atoms with Gasteiger partial charge in [-0.05, 0) is 37.8 Å². The lowest BCUT2D eigenvalue weighted by atomic mass is 9.99. The molecule has 7 heteroatoms. The number of aromatic nitrogens is 1. The third-order valence-electron chi connectivity index (χ3n) is 4.61. The second kappa shape index (κ2) is 8.81. The molecule has 1 saturated heterocycles. The van der Waals surface area contributed by atoms with Gasteiger partial charge in [0.15, 0.2) is 17.2 Å². The summed E-state index contributed by atoms with van der Waals surface area (Å²) in [7, 11) is 1.68. The van der Waals surface area contributed by atoms with Crippen molar-refractivity contribution in [1.29, 1.82) is 0 Å². The lowest BCUT2D eigenvalue weighted by Gasteiger charge is -2.31. The van der Waals surface area contributed by atoms with E-state index >= 15 is 0 Å². The van der Waals surface area contributed by atoms with Gasteiger partial charge in [0.25, 0.3) is 5.91 Å². The maximum absolute atomic E-state index is 12.6. The van der Waals surface area contributed by atoms with Crippen LogP contribution in [-0.4, -0.2) is 48.6 Å². The summed E-state index contributed by atoms with van der Waals surface area (Å²) in [5.41, 5.74) is 0.862. The number of ether oxygens (including phenoxy) is 2. The molecule has 0 N–H and O–H groups in total. The Balaban J connectivity index is 1.58. The molecule has 2 aromatic rings. The van der Waals surface area contributed by atoms with Crippen LogP contribution in [0.15, 0.2) is 34.9 Å². The number of methoxy groups -OCH3 is 1. The molecule has 144 valence electrons. The highest BCUT2D eigenvalue weighted by Gasteiger charge is 2.26. The van der Waals surface area contributed by atoms with Crippen molar-refractivity contribution in [3.63, 3.8) is 0 Å². The van der Waals surface area contributed by atoms with Gasteiger partial charge in [0.05, 0.1) is 6.61 Å². The molecule has 1 fully saturated rings. The highest BCUT2D eigenvalue weighted by Crippen LogP contribution is 2.20. The van der Waals surface area contributed by atoms with E-state index < -0.39 is 0 Å². The highest BCUT2D eigenvalue weighted by molar-refractivity contribution is 5.94. The normalized spacial score (nSPS) is 17.0. The van der Waals surface area contributed by atoms with Crippen LogP contribution in [0.5, 0.6) is 5.75 Å². The van der Waals surface area contributed by atoms with Crippen LogP contribution in [0.25, 0.3) is 0 Å². The number of rotatable bonds is 7. The molecule has 3 rings (SSSR count). The van der Waals surface area contributed by atoms with Crippen LogP contribution in [0.1, 0.15) is 46.4 Å². The van der Waals surface area contributed by atoms with Crippen molar-refractivity contribution in [2.45, 2.75) is 26.4 Å². The topological polar surface area (TPSA) is 81.9 Å². The Morgan fingerprint density at radius 3 is 2.96 bits per heavy atom. The molecule has 7 nitrogen and oxygen atoms in total. The number of benzene rings is 1. The zero-order valence-corrected chi connectivity index (χ0v) is 15.6. The fourth-order valence-electron chi connectivity index (χ4n) is 3.22. The molecule has 2 heterocycles. The Bertz CT molecular complexity index is 799. The monoisotopic (exact) mass is 372 g/mol. The molecule has 0 saturated carbocycles. The number of hydrogen-bond donors (Lipinski definition) is 0. The first-order valence-corrected chi connectivity index (χ1v) is 9.04. The summed E-state index contributed by atoms with van der Waals surface area (Å²) < 4.78 is 16.1. The minimum Gasteiger partial charge on any atom is -0.486 e. The zero-order chi connectivity index (χ0) is 19.2. The van der Waals surface area contributed by atoms with Crippen LogP contribution in [0, 0.1) is 5.92 Å². The average Bonchev–Trinajstić information content (AvgIpc) is 3.15. The molecule has 1 amide bonds. The third kappa shape index (κ3) is 4.95. The maximum Gasteiger partial charge on any atom is 0.276 e. The Morgan fingerprint density at radius 2 is 2.19 bits per heavy atom. The first kappa shape index (κ1) is 19.1. The van der Waals surface area contributed by atoms with Crippen molar-refractivity contribution in [2.24, 2.45) is 5.92 Å². The van der Waals surface area contributed by atoms with Gasteiger partial charge in [0.1, 0.15) is 12.4 Å². The molecule has 1 aromatic heterocycles. The van der Waals surface area contributed by atoms with E-state index in [0.717, 1.165) is 19.4 Å². The Hall–Kier alpha value is -2.67. The van der Waals surface area contributed by atoms with Gasteiger partial charge >= 0.3 is 0 Å². The summed E-state index contributed by atoms with van der Waals surface area (Å²) in [5.74, 6) is 1.21. The molecule has 1 aliphatic rings. The van der Waals surface area contributed by atoms with Crippen LogP contribution in [0.4, 0.5) is 0 Å². The van der Waals surface area contributed by atoms with Gasteiger partial charge in [-0.3, -0.25) is 9.59 Å². The number of ketones is 1. The summed E-state index contributed by atoms with van der Waals surface area (Å²) in [6.45, 7) is 3.68. The van der Waals surface area contributed by atoms with E-state index in [0.29, 0.717) is 36.1 Å². The molecule has 0 spiro atoms. The van der Waals surface area contributed by atoms with Crippen molar-refractivity contribution < 1.29 is 23.6 Å². The van der Waals surface area contributed by atoms with Gasteiger partial charge in [-0.15, -0.1) is 0 Å². The zero-order valence-electron chi connectivity index (χ0n) is 15.6. The second-order valence-corrected chi connectivity index (χ2v) is 6.77. The molecule has 0 aliphatic carbocycles. The summed E-state index contributed by atoms with van der Waals surface area (Å²) in [5, 5.41) is 3.89. The van der Waals surface area contributed by atoms with E-state index in [9.17, 15) is 9.59 Å². The molecule has 1 aliphatic heterocycles. The Labute approximate surface area is 158 Å². The summed E-state index contributed by atoms with van der Waals surface area (Å²) in [6, 6.07) is 8.54. The standard InChI is InChI=1S/C20H24N2O5/c1-14(23)16-6-3-7-17(9-16)26-13-18-10-19(21-27-18)20(24)22-8-4-5-15(11-22)12-25-2/h3,6-7,9-10,15H,4-5,8,11-13H2,1-2H3/t15-/m1/s1.